The highest BCUT2D eigenvalue weighted by molar-refractivity contribution is 7.10. The largest absolute Gasteiger partial charge is 0.149 e. The first-order valence-corrected chi connectivity index (χ1v) is 8.34. The minimum absolute atomic E-state index is 0.804. The van der Waals surface area contributed by atoms with Crippen molar-refractivity contribution in [1.29, 1.82) is 0 Å². The van der Waals surface area contributed by atoms with E-state index in [1.54, 1.807) is 0 Å². The average molecular weight is 297 g/mol. The first-order valence-electron chi connectivity index (χ1n) is 7.08. The summed E-state index contributed by atoms with van der Waals surface area (Å²) in [6.07, 6.45) is 2.14. The van der Waals surface area contributed by atoms with Crippen molar-refractivity contribution in [2.45, 2.75) is 47.5 Å². The van der Waals surface area contributed by atoms with Crippen LogP contribution in [-0.2, 0) is 12.8 Å². The molecule has 2 rings (SSSR count). The zero-order chi connectivity index (χ0) is 14.7. The van der Waals surface area contributed by atoms with Crippen LogP contribution in [0.4, 0.5) is 0 Å². The molecule has 0 aliphatic carbocycles. The molecule has 1 heterocycles. The van der Waals surface area contributed by atoms with Gasteiger partial charge in [-0.15, -0.1) is 11.3 Å². The molecule has 0 saturated carbocycles. The van der Waals surface area contributed by atoms with Crippen LogP contribution in [0.25, 0.3) is 0 Å². The van der Waals surface area contributed by atoms with Gasteiger partial charge < -0.3 is 0 Å². The molecule has 0 atom stereocenters. The summed E-state index contributed by atoms with van der Waals surface area (Å²) in [5, 5.41) is 3.05. The summed E-state index contributed by atoms with van der Waals surface area (Å²) in [5.41, 5.74) is 2.72. The zero-order valence-electron chi connectivity index (χ0n) is 12.7. The number of thiophene rings is 1. The van der Waals surface area contributed by atoms with E-state index in [0.29, 0.717) is 0 Å². The molecule has 0 aliphatic heterocycles. The summed E-state index contributed by atoms with van der Waals surface area (Å²) in [6, 6.07) is 10.4. The van der Waals surface area contributed by atoms with Crippen LogP contribution in [0.2, 0.25) is 5.02 Å². The molecule has 0 unspecified atom stereocenters. The van der Waals surface area contributed by atoms with Crippen molar-refractivity contribution in [3.63, 3.8) is 0 Å². The Labute approximate surface area is 127 Å². The lowest BCUT2D eigenvalue weighted by molar-refractivity contribution is 1.16. The second-order valence-corrected chi connectivity index (χ2v) is 5.01. The van der Waals surface area contributed by atoms with Crippen LogP contribution in [0.1, 0.15) is 50.6 Å². The van der Waals surface area contributed by atoms with Crippen LogP contribution in [0.15, 0.2) is 35.7 Å². The first-order chi connectivity index (χ1) is 9.28. The number of hydrogen-bond donors (Lipinski definition) is 0. The highest BCUT2D eigenvalue weighted by atomic mass is 35.5. The average Bonchev–Trinajstić information content (AvgIpc) is 2.93. The molecule has 0 saturated heterocycles. The normalized spacial score (nSPS) is 8.95. The van der Waals surface area contributed by atoms with Gasteiger partial charge in [0, 0.05) is 9.90 Å². The van der Waals surface area contributed by atoms with Crippen molar-refractivity contribution in [2.24, 2.45) is 0 Å². The second kappa shape index (κ2) is 11.1. The molecule has 0 aliphatic rings. The topological polar surface area (TPSA) is 0 Å². The van der Waals surface area contributed by atoms with E-state index in [1.165, 1.54) is 16.0 Å². The fourth-order valence-electron chi connectivity index (χ4n) is 1.54. The van der Waals surface area contributed by atoms with E-state index in [9.17, 15) is 0 Å². The first kappa shape index (κ1) is 18.2. The summed E-state index contributed by atoms with van der Waals surface area (Å²) in [6.45, 7) is 10.2. The monoisotopic (exact) mass is 296 g/mol. The molecule has 0 fully saturated rings. The molecule has 0 nitrogen and oxygen atoms in total. The van der Waals surface area contributed by atoms with Gasteiger partial charge >= 0.3 is 0 Å². The van der Waals surface area contributed by atoms with Gasteiger partial charge in [-0.2, -0.15) is 0 Å². The van der Waals surface area contributed by atoms with Crippen molar-refractivity contribution in [1.82, 2.24) is 0 Å². The minimum atomic E-state index is 0.804. The van der Waals surface area contributed by atoms with E-state index in [0.717, 1.165) is 17.9 Å². The molecule has 0 amide bonds. The molecule has 0 bridgehead atoms. The van der Waals surface area contributed by atoms with Gasteiger partial charge in [0.1, 0.15) is 0 Å². The molecular weight excluding hydrogens is 272 g/mol. The van der Waals surface area contributed by atoms with Crippen LogP contribution in [0.3, 0.4) is 0 Å². The van der Waals surface area contributed by atoms with Crippen LogP contribution in [0, 0.1) is 0 Å². The molecule has 0 radical (unpaired) electrons. The van der Waals surface area contributed by atoms with E-state index >= 15 is 0 Å². The number of rotatable bonds is 3. The zero-order valence-corrected chi connectivity index (χ0v) is 14.2. The molecule has 0 N–H and O–H groups in total. The van der Waals surface area contributed by atoms with Crippen molar-refractivity contribution >= 4 is 22.9 Å². The van der Waals surface area contributed by atoms with Gasteiger partial charge in [0.05, 0.1) is 0 Å². The maximum Gasteiger partial charge on any atom is 0.0406 e. The number of halogens is 1. The highest BCUT2D eigenvalue weighted by Crippen LogP contribution is 2.19. The van der Waals surface area contributed by atoms with Gasteiger partial charge in [0.15, 0.2) is 0 Å². The highest BCUT2D eigenvalue weighted by Gasteiger charge is 2.00. The second-order valence-electron chi connectivity index (χ2n) is 3.58. The van der Waals surface area contributed by atoms with Gasteiger partial charge in [0.25, 0.3) is 0 Å². The van der Waals surface area contributed by atoms with Crippen LogP contribution in [0.5, 0.6) is 0 Å². The Morgan fingerprint density at radius 2 is 1.53 bits per heavy atom. The summed E-state index contributed by atoms with van der Waals surface area (Å²) in [7, 11) is 0. The Morgan fingerprint density at radius 3 is 2.00 bits per heavy atom. The standard InChI is InChI=1S/C13H13ClS.2C2H6/c1-2-13-8-11(9-15-13)7-10-3-5-12(14)6-4-10;2*1-2/h3-6,8-9H,2,7H2,1H3;2*1-2H3. The molecule has 2 aromatic rings. The SMILES string of the molecule is CC.CC.CCc1cc(Cc2ccc(Cl)cc2)cs1. The predicted octanol–water partition coefficient (Wildman–Crippen LogP) is 6.61. The predicted molar refractivity (Wildman–Crippen MR) is 90.7 cm³/mol. The van der Waals surface area contributed by atoms with Crippen LogP contribution >= 0.6 is 22.9 Å². The fourth-order valence-corrected chi connectivity index (χ4v) is 2.51. The maximum absolute atomic E-state index is 5.84. The Morgan fingerprint density at radius 1 is 0.947 bits per heavy atom. The van der Waals surface area contributed by atoms with E-state index in [1.807, 2.05) is 51.2 Å². The summed E-state index contributed by atoms with van der Waals surface area (Å²) in [4.78, 5) is 1.46. The molecule has 106 valence electrons. The van der Waals surface area contributed by atoms with E-state index in [4.69, 9.17) is 11.6 Å². The number of hydrogen-bond acceptors (Lipinski definition) is 1. The van der Waals surface area contributed by atoms with Gasteiger partial charge in [-0.25, -0.2) is 0 Å². The third-order valence-electron chi connectivity index (χ3n) is 2.38. The third-order valence-corrected chi connectivity index (χ3v) is 3.76. The lowest BCUT2D eigenvalue weighted by atomic mass is 10.1. The van der Waals surface area contributed by atoms with Gasteiger partial charge in [0.2, 0.25) is 0 Å². The van der Waals surface area contributed by atoms with Crippen molar-refractivity contribution < 1.29 is 0 Å². The minimum Gasteiger partial charge on any atom is -0.149 e. The third kappa shape index (κ3) is 6.79. The molecule has 2 heteroatoms. The van der Waals surface area contributed by atoms with Crippen molar-refractivity contribution in [2.75, 3.05) is 0 Å². The molecule has 0 spiro atoms. The molecular formula is C17H25ClS. The maximum atomic E-state index is 5.84. The Hall–Kier alpha value is -0.790. The van der Waals surface area contributed by atoms with Crippen LogP contribution in [-0.4, -0.2) is 0 Å². The summed E-state index contributed by atoms with van der Waals surface area (Å²) < 4.78 is 0. The number of benzene rings is 1. The van der Waals surface area contributed by atoms with Crippen LogP contribution < -0.4 is 0 Å². The summed E-state index contributed by atoms with van der Waals surface area (Å²) in [5.74, 6) is 0. The molecule has 19 heavy (non-hydrogen) atoms. The van der Waals surface area contributed by atoms with E-state index < -0.39 is 0 Å². The van der Waals surface area contributed by atoms with Gasteiger partial charge in [-0.1, -0.05) is 58.4 Å². The summed E-state index contributed by atoms with van der Waals surface area (Å²) >= 11 is 7.69. The molecule has 1 aromatic carbocycles. The van der Waals surface area contributed by atoms with Crippen molar-refractivity contribution in [3.8, 4) is 0 Å². The van der Waals surface area contributed by atoms with E-state index in [2.05, 4.69) is 30.5 Å². The Balaban J connectivity index is 0.000000741. The Bertz CT molecular complexity index is 429. The van der Waals surface area contributed by atoms with Crippen molar-refractivity contribution in [3.05, 3.63) is 56.7 Å². The van der Waals surface area contributed by atoms with Gasteiger partial charge in [-0.3, -0.25) is 0 Å². The van der Waals surface area contributed by atoms with E-state index in [-0.39, 0.29) is 0 Å². The van der Waals surface area contributed by atoms with Gasteiger partial charge in [-0.05, 0) is 47.5 Å². The smallest absolute Gasteiger partial charge is 0.0406 e. The quantitative estimate of drug-likeness (QED) is 0.598. The number of aryl methyl sites for hydroxylation is 1. The fraction of sp³-hybridized carbons (Fsp3) is 0.412. The lowest BCUT2D eigenvalue weighted by Gasteiger charge is -1.98. The molecule has 1 aromatic heterocycles. The lowest BCUT2D eigenvalue weighted by Crippen LogP contribution is -1.84. The Kier molecular flexibility index (Phi) is 10.6.